The molecule has 3 N–H and O–H groups in total. The van der Waals surface area contributed by atoms with Crippen LogP contribution in [0, 0.1) is 0 Å². The molecule has 0 radical (unpaired) electrons. The lowest BCUT2D eigenvalue weighted by atomic mass is 10.1. The zero-order chi connectivity index (χ0) is 23.1. The first-order valence-electron chi connectivity index (χ1n) is 10.1. The predicted molar refractivity (Wildman–Crippen MR) is 126 cm³/mol. The highest BCUT2D eigenvalue weighted by Crippen LogP contribution is 2.48. The minimum Gasteiger partial charge on any atom is -0.492 e. The molecule has 0 aliphatic heterocycles. The monoisotopic (exact) mass is 456 g/mol. The van der Waals surface area contributed by atoms with Crippen molar-refractivity contribution in [2.45, 2.75) is 19.4 Å². The number of methoxy groups -OCH3 is 3. The van der Waals surface area contributed by atoms with Gasteiger partial charge in [0, 0.05) is 6.07 Å². The van der Waals surface area contributed by atoms with Crippen molar-refractivity contribution in [3.63, 3.8) is 0 Å². The van der Waals surface area contributed by atoms with Crippen molar-refractivity contribution in [1.82, 2.24) is 5.32 Å². The maximum absolute atomic E-state index is 13.2. The largest absolute Gasteiger partial charge is 0.492 e. The number of nitrogens with two attached hydrogens (primary N) is 1. The van der Waals surface area contributed by atoms with E-state index < -0.39 is 0 Å². The van der Waals surface area contributed by atoms with E-state index in [1.165, 1.54) is 21.3 Å². The number of hydrogen-bond acceptors (Lipinski definition) is 7. The van der Waals surface area contributed by atoms with Gasteiger partial charge in [-0.25, -0.2) is 0 Å². The van der Waals surface area contributed by atoms with Crippen LogP contribution in [0.3, 0.4) is 0 Å². The van der Waals surface area contributed by atoms with Crippen LogP contribution >= 0.6 is 11.3 Å². The molecule has 0 bridgehead atoms. The molecule has 0 spiro atoms. The van der Waals surface area contributed by atoms with E-state index in [2.05, 4.69) is 5.32 Å². The van der Waals surface area contributed by atoms with E-state index in [4.69, 9.17) is 24.7 Å². The standard InChI is InChI=1S/C24H28N2O5S/c1-15(17-10-12-32-14-17)26-24(27)19-13-20(22(29-3)23(30-4)21(19)28-2)31-18-7-5-16(6-8-18)9-11-25/h5-8,10,12-15H,9,11,25H2,1-4H3,(H,26,27). The molecule has 2 aromatic carbocycles. The number of thiophene rings is 1. The lowest BCUT2D eigenvalue weighted by Crippen LogP contribution is -2.27. The number of carbonyl (C=O) groups is 1. The topological polar surface area (TPSA) is 92.0 Å². The van der Waals surface area contributed by atoms with Crippen LogP contribution in [0.1, 0.15) is 34.5 Å². The van der Waals surface area contributed by atoms with Crippen LogP contribution in [0.4, 0.5) is 0 Å². The van der Waals surface area contributed by atoms with E-state index >= 15 is 0 Å². The average Bonchev–Trinajstić information content (AvgIpc) is 3.34. The van der Waals surface area contributed by atoms with E-state index in [1.54, 1.807) is 17.4 Å². The molecular weight excluding hydrogens is 428 g/mol. The molecule has 0 fully saturated rings. The van der Waals surface area contributed by atoms with Crippen molar-refractivity contribution >= 4 is 17.2 Å². The minimum atomic E-state index is -0.315. The van der Waals surface area contributed by atoms with Gasteiger partial charge in [0.2, 0.25) is 11.5 Å². The Morgan fingerprint density at radius 2 is 1.72 bits per heavy atom. The lowest BCUT2D eigenvalue weighted by molar-refractivity contribution is 0.0935. The predicted octanol–water partition coefficient (Wildman–Crippen LogP) is 4.56. The van der Waals surface area contributed by atoms with Gasteiger partial charge in [-0.05, 0) is 60.0 Å². The Morgan fingerprint density at radius 3 is 2.28 bits per heavy atom. The number of nitrogens with one attached hydrogen (secondary N) is 1. The van der Waals surface area contributed by atoms with E-state index in [0.717, 1.165) is 17.5 Å². The van der Waals surface area contributed by atoms with Crippen LogP contribution in [-0.4, -0.2) is 33.8 Å². The molecule has 7 nitrogen and oxygen atoms in total. The summed E-state index contributed by atoms with van der Waals surface area (Å²) in [6.07, 6.45) is 0.784. The molecule has 0 aliphatic carbocycles. The summed E-state index contributed by atoms with van der Waals surface area (Å²) in [7, 11) is 4.47. The normalized spacial score (nSPS) is 11.5. The van der Waals surface area contributed by atoms with E-state index in [1.807, 2.05) is 48.0 Å². The van der Waals surface area contributed by atoms with Crippen molar-refractivity contribution in [3.05, 3.63) is 63.8 Å². The summed E-state index contributed by atoms with van der Waals surface area (Å²) >= 11 is 1.58. The Kier molecular flexibility index (Phi) is 7.97. The molecule has 1 atom stereocenters. The van der Waals surface area contributed by atoms with Gasteiger partial charge in [0.25, 0.3) is 5.91 Å². The zero-order valence-electron chi connectivity index (χ0n) is 18.6. The van der Waals surface area contributed by atoms with Gasteiger partial charge in [-0.3, -0.25) is 4.79 Å². The van der Waals surface area contributed by atoms with Gasteiger partial charge in [-0.15, -0.1) is 0 Å². The second kappa shape index (κ2) is 10.9. The number of rotatable bonds is 10. The molecule has 170 valence electrons. The van der Waals surface area contributed by atoms with Crippen molar-refractivity contribution in [2.75, 3.05) is 27.9 Å². The Labute approximate surface area is 192 Å². The summed E-state index contributed by atoms with van der Waals surface area (Å²) in [5.74, 6) is 1.49. The van der Waals surface area contributed by atoms with E-state index in [-0.39, 0.29) is 29.0 Å². The second-order valence-corrected chi connectivity index (χ2v) is 7.84. The Morgan fingerprint density at radius 1 is 1.03 bits per heavy atom. The van der Waals surface area contributed by atoms with Gasteiger partial charge in [-0.1, -0.05) is 12.1 Å². The molecule has 1 aromatic heterocycles. The highest BCUT2D eigenvalue weighted by Gasteiger charge is 2.26. The molecule has 8 heteroatoms. The quantitative estimate of drug-likeness (QED) is 0.465. The maximum Gasteiger partial charge on any atom is 0.255 e. The van der Waals surface area contributed by atoms with Gasteiger partial charge >= 0.3 is 0 Å². The second-order valence-electron chi connectivity index (χ2n) is 7.06. The summed E-state index contributed by atoms with van der Waals surface area (Å²) in [6.45, 7) is 2.50. The zero-order valence-corrected chi connectivity index (χ0v) is 19.5. The van der Waals surface area contributed by atoms with Crippen LogP contribution in [0.5, 0.6) is 28.7 Å². The van der Waals surface area contributed by atoms with Gasteiger partial charge in [0.1, 0.15) is 5.75 Å². The molecular formula is C24H28N2O5S. The van der Waals surface area contributed by atoms with Crippen molar-refractivity contribution in [2.24, 2.45) is 5.73 Å². The SMILES string of the molecule is COc1c(Oc2ccc(CCN)cc2)cc(C(=O)NC(C)c2ccsc2)c(OC)c1OC. The molecule has 3 rings (SSSR count). The first-order valence-corrected chi connectivity index (χ1v) is 11.1. The lowest BCUT2D eigenvalue weighted by Gasteiger charge is -2.20. The Bertz CT molecular complexity index is 1040. The number of hydrogen-bond donors (Lipinski definition) is 2. The highest BCUT2D eigenvalue weighted by atomic mass is 32.1. The van der Waals surface area contributed by atoms with Crippen LogP contribution in [0.15, 0.2) is 47.2 Å². The van der Waals surface area contributed by atoms with Gasteiger partial charge < -0.3 is 30.0 Å². The summed E-state index contributed by atoms with van der Waals surface area (Å²) in [4.78, 5) is 13.2. The average molecular weight is 457 g/mol. The third kappa shape index (κ3) is 5.15. The molecule has 1 heterocycles. The van der Waals surface area contributed by atoms with Crippen LogP contribution < -0.4 is 30.0 Å². The molecule has 0 saturated heterocycles. The molecule has 3 aromatic rings. The van der Waals surface area contributed by atoms with Gasteiger partial charge in [0.15, 0.2) is 11.5 Å². The van der Waals surface area contributed by atoms with Crippen LogP contribution in [-0.2, 0) is 6.42 Å². The number of benzene rings is 2. The first-order chi connectivity index (χ1) is 15.5. The Hall–Kier alpha value is -3.23. The summed E-state index contributed by atoms with van der Waals surface area (Å²) in [5.41, 5.74) is 8.04. The molecule has 0 aliphatic rings. The smallest absolute Gasteiger partial charge is 0.255 e. The third-order valence-corrected chi connectivity index (χ3v) is 5.69. The highest BCUT2D eigenvalue weighted by molar-refractivity contribution is 7.08. The van der Waals surface area contributed by atoms with Crippen molar-refractivity contribution < 1.29 is 23.7 Å². The maximum atomic E-state index is 13.2. The fourth-order valence-electron chi connectivity index (χ4n) is 3.32. The summed E-state index contributed by atoms with van der Waals surface area (Å²) in [5, 5.41) is 6.97. The van der Waals surface area contributed by atoms with Crippen molar-refractivity contribution in [1.29, 1.82) is 0 Å². The van der Waals surface area contributed by atoms with E-state index in [9.17, 15) is 4.79 Å². The Balaban J connectivity index is 1.98. The fourth-order valence-corrected chi connectivity index (χ4v) is 4.08. The number of carbonyl (C=O) groups excluding carboxylic acids is 1. The minimum absolute atomic E-state index is 0.175. The van der Waals surface area contributed by atoms with Gasteiger partial charge in [-0.2, -0.15) is 11.3 Å². The van der Waals surface area contributed by atoms with Gasteiger partial charge in [0.05, 0.1) is 32.9 Å². The molecule has 1 amide bonds. The molecule has 32 heavy (non-hydrogen) atoms. The van der Waals surface area contributed by atoms with Crippen LogP contribution in [0.25, 0.3) is 0 Å². The first kappa shape index (κ1) is 23.4. The summed E-state index contributed by atoms with van der Waals surface area (Å²) < 4.78 is 22.7. The van der Waals surface area contributed by atoms with Crippen LogP contribution in [0.2, 0.25) is 0 Å². The number of ether oxygens (including phenoxy) is 4. The third-order valence-electron chi connectivity index (χ3n) is 4.99. The van der Waals surface area contributed by atoms with Crippen molar-refractivity contribution in [3.8, 4) is 28.7 Å². The fraction of sp³-hybridized carbons (Fsp3) is 0.292. The summed E-state index contributed by atoms with van der Waals surface area (Å²) in [6, 6.07) is 11.0. The molecule has 0 saturated carbocycles. The number of amides is 1. The molecule has 1 unspecified atom stereocenters. The van der Waals surface area contributed by atoms with E-state index in [0.29, 0.717) is 23.8 Å².